The molecule has 8 bridgehead atoms. The first-order chi connectivity index (χ1) is 17.0. The molecule has 6 saturated heterocycles. The first kappa shape index (κ1) is 26.8. The normalized spacial score (nSPS) is 52.9. The summed E-state index contributed by atoms with van der Waals surface area (Å²) in [5.41, 5.74) is 10.9. The van der Waals surface area contributed by atoms with Crippen molar-refractivity contribution in [3.8, 4) is 0 Å². The van der Waals surface area contributed by atoms with Gasteiger partial charge in [0, 0.05) is 0 Å². The molecule has 0 aromatic heterocycles. The Labute approximate surface area is 217 Å². The molecule has 0 radical (unpaired) electrons. The molecule has 0 aromatic carbocycles. The average Bonchev–Trinajstić information content (AvgIpc) is 2.82. The summed E-state index contributed by atoms with van der Waals surface area (Å²) in [6, 6.07) is 0. The van der Waals surface area contributed by atoms with Crippen molar-refractivity contribution >= 4 is 70.4 Å². The van der Waals surface area contributed by atoms with Gasteiger partial charge in [-0.2, -0.15) is 0 Å². The van der Waals surface area contributed by atoms with Crippen molar-refractivity contribution < 1.29 is 49.4 Å². The monoisotopic (exact) mass is 632 g/mol. The van der Waals surface area contributed by atoms with Crippen LogP contribution in [0.3, 0.4) is 0 Å². The second-order valence-electron chi connectivity index (χ2n) is 7.69. The highest BCUT2D eigenvalue weighted by Gasteiger charge is 2.81. The number of rotatable bonds is 8. The van der Waals surface area contributed by atoms with E-state index in [1.54, 1.807) is 0 Å². The van der Waals surface area contributed by atoms with Gasteiger partial charge >= 0.3 is 70.4 Å². The van der Waals surface area contributed by atoms with Crippen LogP contribution in [0, 0.1) is 0 Å². The van der Waals surface area contributed by atoms with Crippen LogP contribution in [-0.2, 0) is 49.4 Å². The molecule has 0 spiro atoms. The van der Waals surface area contributed by atoms with E-state index < -0.39 is 70.4 Å². The van der Waals surface area contributed by atoms with Crippen LogP contribution in [0.4, 0.5) is 0 Å². The minimum atomic E-state index is -4.10. The summed E-state index contributed by atoms with van der Waals surface area (Å²) in [6.07, 6.45) is 0. The van der Waals surface area contributed by atoms with E-state index in [2.05, 4.69) is 52.6 Å². The SMILES string of the molecule is C=C[Si]12O[Si]3(C=C)O[Si]4(C=C)O[Si](C=C)(O1)O[Si]1(C=C)O[Si](C=C)(O2)O[Si](C=C)(O3)O[Si](C=C)(O4)O1. The van der Waals surface area contributed by atoms with Gasteiger partial charge in [0.05, 0.1) is 0 Å². The molecule has 0 aliphatic carbocycles. The lowest BCUT2D eigenvalue weighted by atomic mass is 11.3. The third-order valence-corrected chi connectivity index (χ3v) is 36.7. The first-order valence-electron chi connectivity index (χ1n) is 10.5. The van der Waals surface area contributed by atoms with E-state index >= 15 is 0 Å². The van der Waals surface area contributed by atoms with Crippen LogP contribution in [0.2, 0.25) is 0 Å². The fraction of sp³-hybridized carbons (Fsp3) is 0. The first-order valence-corrected chi connectivity index (χ1v) is 24.9. The molecule has 20 heteroatoms. The van der Waals surface area contributed by atoms with Gasteiger partial charge in [-0.15, -0.1) is 52.6 Å². The maximum Gasteiger partial charge on any atom is 0.507 e. The molecule has 36 heavy (non-hydrogen) atoms. The molecule has 0 atom stereocenters. The van der Waals surface area contributed by atoms with Crippen LogP contribution in [0.15, 0.2) is 98.2 Å². The van der Waals surface area contributed by atoms with Gasteiger partial charge < -0.3 is 49.4 Å². The van der Waals surface area contributed by atoms with Gasteiger partial charge in [0.25, 0.3) is 0 Å². The highest BCUT2D eigenvalue weighted by molar-refractivity contribution is 7.07. The van der Waals surface area contributed by atoms with Crippen LogP contribution >= 0.6 is 0 Å². The van der Waals surface area contributed by atoms with Gasteiger partial charge in [0.2, 0.25) is 0 Å². The molecule has 0 amide bonds. The highest BCUT2D eigenvalue weighted by atomic mass is 28.6. The maximum atomic E-state index is 6.53. The summed E-state index contributed by atoms with van der Waals surface area (Å²) >= 11 is 0. The lowest BCUT2D eigenvalue weighted by Crippen LogP contribution is -2.87. The van der Waals surface area contributed by atoms with Crippen molar-refractivity contribution in [1.82, 2.24) is 0 Å². The maximum absolute atomic E-state index is 6.53. The molecule has 0 aromatic rings. The van der Waals surface area contributed by atoms with E-state index in [1.165, 1.54) is 45.6 Å². The van der Waals surface area contributed by atoms with Crippen molar-refractivity contribution in [2.75, 3.05) is 0 Å². The van der Waals surface area contributed by atoms with E-state index in [0.717, 1.165) is 0 Å². The standard InChI is InChI=1S/C16H24O12Si8/c1-9-29-17-30(10-2)20-33(13-5)22-31(11-3,18-29)24-35(15-7)25-32(12-4,19-29)23-34(14-6,21-30)27-36(16-8,26-33)28-35/h9-16H,1-8H2. The second-order valence-corrected chi connectivity index (χ2v) is 30.4. The van der Waals surface area contributed by atoms with Crippen molar-refractivity contribution in [1.29, 1.82) is 0 Å². The fourth-order valence-electron chi connectivity index (χ4n) is 3.88. The van der Waals surface area contributed by atoms with Crippen LogP contribution < -0.4 is 0 Å². The van der Waals surface area contributed by atoms with Gasteiger partial charge in [0.1, 0.15) is 0 Å². The Balaban J connectivity index is 1.93. The summed E-state index contributed by atoms with van der Waals surface area (Å²) in [5.74, 6) is 0. The van der Waals surface area contributed by atoms with E-state index in [0.29, 0.717) is 0 Å². The molecule has 6 rings (SSSR count). The summed E-state index contributed by atoms with van der Waals surface area (Å²) < 4.78 is 78.3. The zero-order valence-electron chi connectivity index (χ0n) is 19.2. The molecular weight excluding hydrogens is 609 g/mol. The largest absolute Gasteiger partial charge is 0.507 e. The van der Waals surface area contributed by atoms with E-state index in [4.69, 9.17) is 49.4 Å². The van der Waals surface area contributed by atoms with E-state index in [-0.39, 0.29) is 0 Å². The lowest BCUT2D eigenvalue weighted by molar-refractivity contribution is -0.00585. The zero-order chi connectivity index (χ0) is 26.1. The smallest absolute Gasteiger partial charge is 0.367 e. The van der Waals surface area contributed by atoms with Gasteiger partial charge in [0.15, 0.2) is 0 Å². The molecule has 0 saturated carbocycles. The molecule has 6 heterocycles. The Morgan fingerprint density at radius 2 is 0.306 bits per heavy atom. The molecular formula is C16H24O12Si8. The van der Waals surface area contributed by atoms with Crippen molar-refractivity contribution in [2.24, 2.45) is 0 Å². The molecule has 0 unspecified atom stereocenters. The van der Waals surface area contributed by atoms with Gasteiger partial charge in [-0.1, -0.05) is 0 Å². The number of hydrogen-bond donors (Lipinski definition) is 0. The Bertz CT molecular complexity index is 778. The molecule has 6 fully saturated rings. The summed E-state index contributed by atoms with van der Waals surface area (Å²) in [4.78, 5) is 0. The predicted molar refractivity (Wildman–Crippen MR) is 141 cm³/mol. The molecule has 6 aliphatic heterocycles. The van der Waals surface area contributed by atoms with Gasteiger partial charge in [-0.05, 0) is 45.6 Å². The Morgan fingerprint density at radius 3 is 0.361 bits per heavy atom. The third-order valence-electron chi connectivity index (χ3n) is 5.41. The second kappa shape index (κ2) is 8.34. The minimum absolute atomic E-state index is 1.36. The Hall–Kier alpha value is -0.825. The van der Waals surface area contributed by atoms with Gasteiger partial charge in [-0.25, -0.2) is 0 Å². The van der Waals surface area contributed by atoms with Crippen LogP contribution in [-0.4, -0.2) is 70.4 Å². The molecule has 6 aliphatic rings. The topological polar surface area (TPSA) is 111 Å². The van der Waals surface area contributed by atoms with E-state index in [1.807, 2.05) is 0 Å². The molecule has 0 N–H and O–H groups in total. The highest BCUT2D eigenvalue weighted by Crippen LogP contribution is 2.49. The Kier molecular flexibility index (Phi) is 6.20. The summed E-state index contributed by atoms with van der Waals surface area (Å²) in [5, 5.41) is 0. The van der Waals surface area contributed by atoms with Crippen molar-refractivity contribution in [3.63, 3.8) is 0 Å². The van der Waals surface area contributed by atoms with Gasteiger partial charge in [-0.3, -0.25) is 0 Å². The van der Waals surface area contributed by atoms with Crippen LogP contribution in [0.1, 0.15) is 0 Å². The average molecular weight is 633 g/mol. The van der Waals surface area contributed by atoms with Crippen LogP contribution in [0.25, 0.3) is 0 Å². The fourth-order valence-corrected chi connectivity index (χ4v) is 43.9. The van der Waals surface area contributed by atoms with E-state index in [9.17, 15) is 0 Å². The summed E-state index contributed by atoms with van der Waals surface area (Å²) in [6.45, 7) is 31.1. The molecule has 192 valence electrons. The van der Waals surface area contributed by atoms with Crippen molar-refractivity contribution in [3.05, 3.63) is 98.2 Å². The summed E-state index contributed by atoms with van der Waals surface area (Å²) in [7, 11) is -32.8. The third kappa shape index (κ3) is 3.79. The predicted octanol–water partition coefficient (Wildman–Crippen LogP) is 1.57. The zero-order valence-corrected chi connectivity index (χ0v) is 27.2. The minimum Gasteiger partial charge on any atom is -0.367 e. The number of hydrogen-bond acceptors (Lipinski definition) is 12. The Morgan fingerprint density at radius 1 is 0.222 bits per heavy atom. The quantitative estimate of drug-likeness (QED) is 0.362. The van der Waals surface area contributed by atoms with Crippen LogP contribution in [0.5, 0.6) is 0 Å². The van der Waals surface area contributed by atoms with Crippen molar-refractivity contribution in [2.45, 2.75) is 0 Å². The molecule has 12 nitrogen and oxygen atoms in total. The lowest BCUT2D eigenvalue weighted by Gasteiger charge is -2.60.